The zero-order chi connectivity index (χ0) is 10.9. The zero-order valence-electron chi connectivity index (χ0n) is 10.3. The molecule has 15 heavy (non-hydrogen) atoms. The smallest absolute Gasteiger partial charge is 0.0412 e. The second kappa shape index (κ2) is 4.42. The minimum Gasteiger partial charge on any atom is -0.323 e. The first-order valence-electron chi connectivity index (χ1n) is 6.66. The maximum absolute atomic E-state index is 6.30. The van der Waals surface area contributed by atoms with Crippen LogP contribution in [0, 0.1) is 5.92 Å². The summed E-state index contributed by atoms with van der Waals surface area (Å²) < 4.78 is 0. The van der Waals surface area contributed by atoms with Crippen LogP contribution >= 0.6 is 0 Å². The van der Waals surface area contributed by atoms with E-state index in [4.69, 9.17) is 5.73 Å². The van der Waals surface area contributed by atoms with Crippen LogP contribution in [0.5, 0.6) is 0 Å². The van der Waals surface area contributed by atoms with Gasteiger partial charge < -0.3 is 5.73 Å². The highest BCUT2D eigenvalue weighted by atomic mass is 15.3. The second-order valence-electron chi connectivity index (χ2n) is 5.93. The van der Waals surface area contributed by atoms with Crippen LogP contribution < -0.4 is 5.73 Å². The first-order chi connectivity index (χ1) is 7.13. The normalized spacial score (nSPS) is 36.2. The molecule has 0 spiro atoms. The Morgan fingerprint density at radius 2 is 1.80 bits per heavy atom. The molecule has 2 aliphatic rings. The Bertz CT molecular complexity index is 201. The Kier molecular flexibility index (Phi) is 3.36. The Morgan fingerprint density at radius 1 is 1.20 bits per heavy atom. The van der Waals surface area contributed by atoms with Gasteiger partial charge in [0.15, 0.2) is 0 Å². The minimum absolute atomic E-state index is 0.164. The lowest BCUT2D eigenvalue weighted by Crippen LogP contribution is -2.69. The number of rotatable bonds is 3. The minimum atomic E-state index is 0.164. The quantitative estimate of drug-likeness (QED) is 0.775. The molecule has 0 aromatic rings. The third-order valence-corrected chi connectivity index (χ3v) is 4.29. The van der Waals surface area contributed by atoms with Crippen LogP contribution in [0.15, 0.2) is 0 Å². The molecule has 0 aromatic carbocycles. The van der Waals surface area contributed by atoms with Gasteiger partial charge in [-0.15, -0.1) is 0 Å². The van der Waals surface area contributed by atoms with E-state index in [2.05, 4.69) is 18.7 Å². The van der Waals surface area contributed by atoms with Gasteiger partial charge in [-0.1, -0.05) is 20.3 Å². The maximum atomic E-state index is 6.30. The molecular weight excluding hydrogens is 184 g/mol. The number of nitrogens with two attached hydrogens (primary N) is 1. The average molecular weight is 210 g/mol. The van der Waals surface area contributed by atoms with Crippen LogP contribution in [0.2, 0.25) is 0 Å². The highest BCUT2D eigenvalue weighted by Gasteiger charge is 2.41. The molecule has 0 unspecified atom stereocenters. The van der Waals surface area contributed by atoms with Gasteiger partial charge >= 0.3 is 0 Å². The van der Waals surface area contributed by atoms with Gasteiger partial charge in [0.1, 0.15) is 0 Å². The molecule has 1 saturated carbocycles. The molecule has 0 aromatic heterocycles. The van der Waals surface area contributed by atoms with Gasteiger partial charge in [-0.3, -0.25) is 4.90 Å². The van der Waals surface area contributed by atoms with Crippen molar-refractivity contribution in [3.8, 4) is 0 Å². The molecule has 0 atom stereocenters. The van der Waals surface area contributed by atoms with E-state index in [-0.39, 0.29) is 5.54 Å². The van der Waals surface area contributed by atoms with Crippen LogP contribution in [0.3, 0.4) is 0 Å². The summed E-state index contributed by atoms with van der Waals surface area (Å²) in [6.45, 7) is 6.93. The lowest BCUT2D eigenvalue weighted by Gasteiger charge is -2.52. The zero-order valence-corrected chi connectivity index (χ0v) is 10.3. The van der Waals surface area contributed by atoms with Crippen LogP contribution in [0.4, 0.5) is 0 Å². The predicted octanol–water partition coefficient (Wildman–Crippen LogP) is 2.38. The monoisotopic (exact) mass is 210 g/mol. The molecule has 1 aliphatic heterocycles. The Labute approximate surface area is 94.2 Å². The van der Waals surface area contributed by atoms with Crippen molar-refractivity contribution in [2.45, 2.75) is 64.0 Å². The van der Waals surface area contributed by atoms with Gasteiger partial charge in [-0.25, -0.2) is 0 Å². The fourth-order valence-electron chi connectivity index (χ4n) is 3.28. The van der Waals surface area contributed by atoms with Crippen LogP contribution in [-0.4, -0.2) is 29.6 Å². The molecule has 2 nitrogen and oxygen atoms in total. The molecule has 2 N–H and O–H groups in total. The van der Waals surface area contributed by atoms with Gasteiger partial charge in [0, 0.05) is 24.7 Å². The number of hydrogen-bond acceptors (Lipinski definition) is 2. The standard InChI is InChI=1S/C13H26N2/c1-3-8-13(14)9-15(10-13)12-6-4-11(2)5-7-12/h11-12H,3-10,14H2,1-2H3. The van der Waals surface area contributed by atoms with E-state index in [1.165, 1.54) is 38.5 Å². The van der Waals surface area contributed by atoms with E-state index in [9.17, 15) is 0 Å². The lowest BCUT2D eigenvalue weighted by atomic mass is 9.80. The molecule has 1 saturated heterocycles. The van der Waals surface area contributed by atoms with E-state index < -0.39 is 0 Å². The van der Waals surface area contributed by atoms with Crippen molar-refractivity contribution in [2.75, 3.05) is 13.1 Å². The predicted molar refractivity (Wildman–Crippen MR) is 64.8 cm³/mol. The molecule has 88 valence electrons. The van der Waals surface area contributed by atoms with Gasteiger partial charge in [-0.2, -0.15) is 0 Å². The summed E-state index contributed by atoms with van der Waals surface area (Å²) in [6.07, 6.45) is 8.09. The molecule has 2 fully saturated rings. The van der Waals surface area contributed by atoms with Crippen molar-refractivity contribution < 1.29 is 0 Å². The number of likely N-dealkylation sites (tertiary alicyclic amines) is 1. The summed E-state index contributed by atoms with van der Waals surface area (Å²) in [6, 6.07) is 0.856. The highest BCUT2D eigenvalue weighted by molar-refractivity contribution is 5.02. The van der Waals surface area contributed by atoms with Crippen LogP contribution in [0.1, 0.15) is 52.4 Å². The van der Waals surface area contributed by atoms with Gasteiger partial charge in [0.05, 0.1) is 0 Å². The summed E-state index contributed by atoms with van der Waals surface area (Å²) >= 11 is 0. The molecule has 2 rings (SSSR count). The van der Waals surface area contributed by atoms with E-state index in [0.717, 1.165) is 25.0 Å². The van der Waals surface area contributed by atoms with Gasteiger partial charge in [0.25, 0.3) is 0 Å². The molecule has 1 heterocycles. The van der Waals surface area contributed by atoms with Crippen molar-refractivity contribution in [1.29, 1.82) is 0 Å². The fourth-order valence-corrected chi connectivity index (χ4v) is 3.28. The van der Waals surface area contributed by atoms with Crippen molar-refractivity contribution in [3.05, 3.63) is 0 Å². The van der Waals surface area contributed by atoms with Gasteiger partial charge in [-0.05, 0) is 38.0 Å². The van der Waals surface area contributed by atoms with Gasteiger partial charge in [0.2, 0.25) is 0 Å². The van der Waals surface area contributed by atoms with E-state index in [1.807, 2.05) is 0 Å². The largest absolute Gasteiger partial charge is 0.323 e. The summed E-state index contributed by atoms with van der Waals surface area (Å²) in [5.41, 5.74) is 6.46. The van der Waals surface area contributed by atoms with Crippen LogP contribution in [0.25, 0.3) is 0 Å². The molecule has 2 heteroatoms. The molecule has 1 aliphatic carbocycles. The summed E-state index contributed by atoms with van der Waals surface area (Å²) in [7, 11) is 0. The third kappa shape index (κ3) is 2.54. The number of hydrogen-bond donors (Lipinski definition) is 1. The summed E-state index contributed by atoms with van der Waals surface area (Å²) in [5.74, 6) is 0.959. The second-order valence-corrected chi connectivity index (χ2v) is 5.93. The average Bonchev–Trinajstić information content (AvgIpc) is 2.16. The molecular formula is C13H26N2. The highest BCUT2D eigenvalue weighted by Crippen LogP contribution is 2.33. The first kappa shape index (κ1) is 11.4. The topological polar surface area (TPSA) is 29.3 Å². The van der Waals surface area contributed by atoms with E-state index in [0.29, 0.717) is 0 Å². The van der Waals surface area contributed by atoms with Crippen molar-refractivity contribution >= 4 is 0 Å². The van der Waals surface area contributed by atoms with Crippen molar-refractivity contribution in [3.63, 3.8) is 0 Å². The number of nitrogens with zero attached hydrogens (tertiary/aromatic N) is 1. The van der Waals surface area contributed by atoms with E-state index >= 15 is 0 Å². The first-order valence-corrected chi connectivity index (χ1v) is 6.66. The van der Waals surface area contributed by atoms with E-state index in [1.54, 1.807) is 0 Å². The van der Waals surface area contributed by atoms with Crippen LogP contribution in [-0.2, 0) is 0 Å². The molecule has 0 radical (unpaired) electrons. The Balaban J connectivity index is 1.74. The lowest BCUT2D eigenvalue weighted by molar-refractivity contribution is 0.00512. The fraction of sp³-hybridized carbons (Fsp3) is 1.00. The molecule has 0 bridgehead atoms. The third-order valence-electron chi connectivity index (χ3n) is 4.29. The van der Waals surface area contributed by atoms with Crippen molar-refractivity contribution in [1.82, 2.24) is 4.90 Å². The maximum Gasteiger partial charge on any atom is 0.0412 e. The Hall–Kier alpha value is -0.0800. The summed E-state index contributed by atoms with van der Waals surface area (Å²) in [5, 5.41) is 0. The van der Waals surface area contributed by atoms with Crippen molar-refractivity contribution in [2.24, 2.45) is 11.7 Å². The summed E-state index contributed by atoms with van der Waals surface area (Å²) in [4.78, 5) is 2.63. The molecule has 0 amide bonds. The SMILES string of the molecule is CCCC1(N)CN(C2CCC(C)CC2)C1. The Morgan fingerprint density at radius 3 is 2.33 bits per heavy atom.